The monoisotopic (exact) mass is 382 g/mol. The molecule has 0 spiro atoms. The summed E-state index contributed by atoms with van der Waals surface area (Å²) in [6.45, 7) is 12.2. The Labute approximate surface area is 153 Å². The molecule has 1 aromatic carbocycles. The van der Waals surface area contributed by atoms with E-state index in [0.29, 0.717) is 5.56 Å². The Morgan fingerprint density at radius 3 is 1.85 bits per heavy atom. The standard InChI is InChI=1S/C18H23O7P/c1-12(2)17(19)22-10-24-26(21,25-11-23-18(20)13(3)4)16-9-7-8-14(5)15(16)6/h7-9H,1,3,10-11H2,2,4-6H3. The van der Waals surface area contributed by atoms with Gasteiger partial charge in [0.15, 0.2) is 0 Å². The van der Waals surface area contributed by atoms with E-state index in [4.69, 9.17) is 18.5 Å². The second-order valence-corrected chi connectivity index (χ2v) is 7.63. The highest BCUT2D eigenvalue weighted by atomic mass is 31.2. The molecule has 0 saturated heterocycles. The molecule has 0 bridgehead atoms. The Morgan fingerprint density at radius 2 is 1.42 bits per heavy atom. The first-order valence-corrected chi connectivity index (χ1v) is 9.24. The summed E-state index contributed by atoms with van der Waals surface area (Å²) in [6, 6.07) is 5.10. The number of ether oxygens (including phenoxy) is 2. The van der Waals surface area contributed by atoms with E-state index in [1.807, 2.05) is 13.0 Å². The Morgan fingerprint density at radius 1 is 0.962 bits per heavy atom. The number of aryl methyl sites for hydroxylation is 1. The molecule has 8 heteroatoms. The Bertz CT molecular complexity index is 731. The van der Waals surface area contributed by atoms with Gasteiger partial charge in [-0.25, -0.2) is 9.59 Å². The third-order valence-electron chi connectivity index (χ3n) is 3.39. The highest BCUT2D eigenvalue weighted by molar-refractivity contribution is 7.62. The van der Waals surface area contributed by atoms with Crippen LogP contribution in [0.3, 0.4) is 0 Å². The van der Waals surface area contributed by atoms with Crippen LogP contribution in [-0.2, 0) is 32.7 Å². The fourth-order valence-electron chi connectivity index (χ4n) is 1.75. The van der Waals surface area contributed by atoms with Crippen molar-refractivity contribution in [1.29, 1.82) is 0 Å². The lowest BCUT2D eigenvalue weighted by Gasteiger charge is -2.21. The lowest BCUT2D eigenvalue weighted by Crippen LogP contribution is -2.19. The maximum absolute atomic E-state index is 13.2. The molecule has 0 saturated carbocycles. The third kappa shape index (κ3) is 5.95. The lowest BCUT2D eigenvalue weighted by molar-refractivity contribution is -0.147. The highest BCUT2D eigenvalue weighted by Crippen LogP contribution is 2.48. The number of carbonyl (C=O) groups excluding carboxylic acids is 2. The molecule has 0 amide bonds. The van der Waals surface area contributed by atoms with Gasteiger partial charge in [0.25, 0.3) is 0 Å². The predicted octanol–water partition coefficient (Wildman–Crippen LogP) is 3.31. The van der Waals surface area contributed by atoms with E-state index in [-0.39, 0.29) is 16.5 Å². The van der Waals surface area contributed by atoms with Crippen LogP contribution in [0.2, 0.25) is 0 Å². The molecular weight excluding hydrogens is 359 g/mol. The largest absolute Gasteiger partial charge is 0.435 e. The normalized spacial score (nSPS) is 10.9. The van der Waals surface area contributed by atoms with Crippen molar-refractivity contribution in [3.05, 3.63) is 53.6 Å². The van der Waals surface area contributed by atoms with Crippen molar-refractivity contribution in [2.45, 2.75) is 27.7 Å². The van der Waals surface area contributed by atoms with Crippen LogP contribution in [-0.4, -0.2) is 25.5 Å². The Kier molecular flexibility index (Phi) is 7.96. The molecule has 0 atom stereocenters. The quantitative estimate of drug-likeness (QED) is 0.280. The fourth-order valence-corrected chi connectivity index (χ4v) is 3.35. The number of carbonyl (C=O) groups is 2. The van der Waals surface area contributed by atoms with Gasteiger partial charge in [0.05, 0.1) is 5.30 Å². The van der Waals surface area contributed by atoms with Crippen LogP contribution in [0.5, 0.6) is 0 Å². The average Bonchev–Trinajstić information content (AvgIpc) is 2.56. The molecule has 0 aliphatic heterocycles. The van der Waals surface area contributed by atoms with E-state index in [1.54, 1.807) is 19.1 Å². The predicted molar refractivity (Wildman–Crippen MR) is 96.9 cm³/mol. The minimum Gasteiger partial charge on any atom is -0.435 e. The molecule has 0 N–H and O–H groups in total. The summed E-state index contributed by atoms with van der Waals surface area (Å²) in [5.41, 5.74) is 1.90. The van der Waals surface area contributed by atoms with Crippen molar-refractivity contribution in [3.8, 4) is 0 Å². The molecule has 0 aliphatic rings. The molecule has 26 heavy (non-hydrogen) atoms. The van der Waals surface area contributed by atoms with Gasteiger partial charge in [-0.15, -0.1) is 0 Å². The van der Waals surface area contributed by atoms with Crippen molar-refractivity contribution in [2.75, 3.05) is 13.6 Å². The van der Waals surface area contributed by atoms with Gasteiger partial charge in [0.1, 0.15) is 0 Å². The van der Waals surface area contributed by atoms with E-state index in [0.717, 1.165) is 5.56 Å². The summed E-state index contributed by atoms with van der Waals surface area (Å²) >= 11 is 0. The van der Waals surface area contributed by atoms with Gasteiger partial charge in [0, 0.05) is 11.1 Å². The Hall–Kier alpha value is -2.21. The molecule has 0 unspecified atom stereocenters. The van der Waals surface area contributed by atoms with Crippen LogP contribution in [0.25, 0.3) is 0 Å². The van der Waals surface area contributed by atoms with E-state index in [1.165, 1.54) is 13.8 Å². The van der Waals surface area contributed by atoms with E-state index in [9.17, 15) is 14.2 Å². The van der Waals surface area contributed by atoms with Crippen molar-refractivity contribution in [3.63, 3.8) is 0 Å². The second-order valence-electron chi connectivity index (χ2n) is 5.63. The molecule has 142 valence electrons. The van der Waals surface area contributed by atoms with Crippen molar-refractivity contribution >= 4 is 24.8 Å². The van der Waals surface area contributed by atoms with Gasteiger partial charge in [-0.3, -0.25) is 13.6 Å². The summed E-state index contributed by atoms with van der Waals surface area (Å²) < 4.78 is 33.4. The first kappa shape index (κ1) is 21.8. The van der Waals surface area contributed by atoms with Crippen molar-refractivity contribution in [1.82, 2.24) is 0 Å². The van der Waals surface area contributed by atoms with Crippen LogP contribution in [0.4, 0.5) is 0 Å². The summed E-state index contributed by atoms with van der Waals surface area (Å²) in [5.74, 6) is -1.38. The number of hydrogen-bond acceptors (Lipinski definition) is 7. The van der Waals surface area contributed by atoms with Crippen LogP contribution >= 0.6 is 7.60 Å². The molecule has 0 fully saturated rings. The Balaban J connectivity index is 2.96. The van der Waals surface area contributed by atoms with Crippen LogP contribution in [0.15, 0.2) is 42.5 Å². The van der Waals surface area contributed by atoms with E-state index < -0.39 is 33.1 Å². The molecule has 1 rings (SSSR count). The van der Waals surface area contributed by atoms with Gasteiger partial charge in [-0.2, -0.15) is 0 Å². The van der Waals surface area contributed by atoms with Crippen molar-refractivity contribution < 1.29 is 32.7 Å². The summed E-state index contributed by atoms with van der Waals surface area (Å²) in [7, 11) is -3.92. The summed E-state index contributed by atoms with van der Waals surface area (Å²) in [4.78, 5) is 22.9. The number of esters is 2. The number of rotatable bonds is 9. The molecule has 0 radical (unpaired) electrons. The van der Waals surface area contributed by atoms with Gasteiger partial charge in [-0.1, -0.05) is 25.3 Å². The lowest BCUT2D eigenvalue weighted by atomic mass is 10.1. The molecule has 0 aromatic heterocycles. The SMILES string of the molecule is C=C(C)C(=O)OCOP(=O)(OCOC(=O)C(=C)C)c1cccc(C)c1C. The summed E-state index contributed by atoms with van der Waals surface area (Å²) in [6.07, 6.45) is 0. The highest BCUT2D eigenvalue weighted by Gasteiger charge is 2.31. The fraction of sp³-hybridized carbons (Fsp3) is 0.333. The molecule has 0 heterocycles. The smallest absolute Gasteiger partial charge is 0.367 e. The zero-order chi connectivity index (χ0) is 19.9. The van der Waals surface area contributed by atoms with Crippen molar-refractivity contribution in [2.24, 2.45) is 0 Å². The van der Waals surface area contributed by atoms with Gasteiger partial charge >= 0.3 is 19.5 Å². The first-order valence-electron chi connectivity index (χ1n) is 7.69. The molecule has 1 aromatic rings. The van der Waals surface area contributed by atoms with E-state index >= 15 is 0 Å². The third-order valence-corrected chi connectivity index (χ3v) is 5.36. The zero-order valence-corrected chi connectivity index (χ0v) is 16.3. The topological polar surface area (TPSA) is 88.1 Å². The average molecular weight is 382 g/mol. The first-order chi connectivity index (χ1) is 12.1. The molecular formula is C18H23O7P. The van der Waals surface area contributed by atoms with E-state index in [2.05, 4.69) is 13.2 Å². The second kappa shape index (κ2) is 9.48. The maximum atomic E-state index is 13.2. The maximum Gasteiger partial charge on any atom is 0.367 e. The minimum atomic E-state index is -3.92. The van der Waals surface area contributed by atoms with Gasteiger partial charge < -0.3 is 9.47 Å². The van der Waals surface area contributed by atoms with Gasteiger partial charge in [0.2, 0.25) is 13.6 Å². The summed E-state index contributed by atoms with van der Waals surface area (Å²) in [5, 5.41) is 0.287. The number of benzene rings is 1. The molecule has 7 nitrogen and oxygen atoms in total. The molecule has 0 aliphatic carbocycles. The van der Waals surface area contributed by atoms with Crippen LogP contribution in [0.1, 0.15) is 25.0 Å². The zero-order valence-electron chi connectivity index (χ0n) is 15.4. The number of hydrogen-bond donors (Lipinski definition) is 0. The minimum absolute atomic E-state index is 0.173. The van der Waals surface area contributed by atoms with Gasteiger partial charge in [-0.05, 0) is 44.9 Å². The van der Waals surface area contributed by atoms with Crippen LogP contribution < -0.4 is 5.30 Å². The van der Waals surface area contributed by atoms with Crippen LogP contribution in [0, 0.1) is 13.8 Å².